The van der Waals surface area contributed by atoms with Crippen molar-refractivity contribution in [3.05, 3.63) is 52.7 Å². The fourth-order valence-electron chi connectivity index (χ4n) is 3.57. The van der Waals surface area contributed by atoms with Crippen LogP contribution < -0.4 is 5.73 Å². The van der Waals surface area contributed by atoms with Gasteiger partial charge in [-0.05, 0) is 29.7 Å². The number of H-pyrrole nitrogens is 1. The molecule has 1 aromatic carbocycles. The average Bonchev–Trinajstić information content (AvgIpc) is 3.25. The predicted molar refractivity (Wildman–Crippen MR) is 104 cm³/mol. The number of anilines is 1. The highest BCUT2D eigenvalue weighted by atomic mass is 35.5. The van der Waals surface area contributed by atoms with Gasteiger partial charge in [-0.25, -0.2) is 14.4 Å². The van der Waals surface area contributed by atoms with Crippen LogP contribution in [0.2, 0.25) is 5.02 Å². The Balaban J connectivity index is 0.000000159. The number of nitrogens with one attached hydrogen (secondary N) is 1. The van der Waals surface area contributed by atoms with E-state index in [9.17, 15) is 14.6 Å². The van der Waals surface area contributed by atoms with Crippen molar-refractivity contribution in [1.29, 1.82) is 0 Å². The van der Waals surface area contributed by atoms with Crippen molar-refractivity contribution in [3.63, 3.8) is 0 Å². The molecule has 3 aromatic rings. The van der Waals surface area contributed by atoms with E-state index in [0.29, 0.717) is 17.3 Å². The van der Waals surface area contributed by atoms with Gasteiger partial charge in [-0.15, -0.1) is 0 Å². The van der Waals surface area contributed by atoms with E-state index >= 15 is 0 Å². The second-order valence-electron chi connectivity index (χ2n) is 6.86. The Morgan fingerprint density at radius 2 is 2.07 bits per heavy atom. The van der Waals surface area contributed by atoms with Crippen LogP contribution in [0.15, 0.2) is 30.7 Å². The number of aromatic nitrogens is 3. The van der Waals surface area contributed by atoms with Gasteiger partial charge in [0, 0.05) is 11.2 Å². The van der Waals surface area contributed by atoms with Crippen LogP contribution >= 0.6 is 11.6 Å². The second-order valence-corrected chi connectivity index (χ2v) is 7.30. The number of hydrogen-bond donors (Lipinski definition) is 4. The number of aromatic amines is 1. The third kappa shape index (κ3) is 3.92. The smallest absolute Gasteiger partial charge is 0.153 e. The minimum atomic E-state index is -0.906. The number of rotatable bonds is 1. The number of fused-ring (bicyclic) bond motifs is 2. The Bertz CT molecular complexity index is 1020. The first-order valence-electron chi connectivity index (χ1n) is 9.06. The highest BCUT2D eigenvalue weighted by Crippen LogP contribution is 2.36. The molecule has 29 heavy (non-hydrogen) atoms. The molecule has 0 amide bonds. The van der Waals surface area contributed by atoms with Crippen molar-refractivity contribution in [1.82, 2.24) is 15.0 Å². The Morgan fingerprint density at radius 3 is 2.79 bits per heavy atom. The van der Waals surface area contributed by atoms with E-state index in [1.807, 2.05) is 12.1 Å². The molecule has 5 rings (SSSR count). The van der Waals surface area contributed by atoms with Gasteiger partial charge in [0.2, 0.25) is 0 Å². The molecule has 5 N–H and O–H groups in total. The molecule has 4 atom stereocenters. The minimum Gasteiger partial charge on any atom is -0.388 e. The lowest BCUT2D eigenvalue weighted by Gasteiger charge is -2.31. The number of nitrogen functional groups attached to an aromatic ring is 1. The molecule has 8 nitrogen and oxygen atoms in total. The number of aliphatic hydroxyl groups is 2. The van der Waals surface area contributed by atoms with Gasteiger partial charge >= 0.3 is 0 Å². The van der Waals surface area contributed by atoms with Crippen molar-refractivity contribution >= 4 is 28.5 Å². The number of hydrogen-bond acceptors (Lipinski definition) is 7. The molecule has 0 saturated carbocycles. The molecular formula is C19H20ClFN4O4. The molecule has 2 aliphatic rings. The molecule has 4 unspecified atom stereocenters. The standard InChI is InChI=1S/C13H15ClO4.C6H5FN4/c14-8-1-2-9-7(5-8)3-4-17-12(9)13-11(16)10(15)6-18-13;7-3-1-9-6-4(3)5(8)10-2-11-6/h1-2,5,10-13,15-16H,3-4,6H2;1-2H,(H3,8,9,10,11). The quantitative estimate of drug-likeness (QED) is 0.470. The SMILES string of the molecule is Nc1ncnc2[nH]cc(F)c12.OC1COC(C2OCCc3cc(Cl)ccc32)C1O. The lowest BCUT2D eigenvalue weighted by molar-refractivity contribution is -0.0902. The summed E-state index contributed by atoms with van der Waals surface area (Å²) in [5.74, 6) is -0.258. The Labute approximate surface area is 170 Å². The first-order valence-corrected chi connectivity index (χ1v) is 9.44. The molecule has 2 aromatic heterocycles. The van der Waals surface area contributed by atoms with Gasteiger partial charge in [0.1, 0.15) is 42.2 Å². The van der Waals surface area contributed by atoms with E-state index in [4.69, 9.17) is 26.8 Å². The first-order chi connectivity index (χ1) is 14.0. The summed E-state index contributed by atoms with van der Waals surface area (Å²) in [4.78, 5) is 10.0. The fourth-order valence-corrected chi connectivity index (χ4v) is 3.76. The van der Waals surface area contributed by atoms with Gasteiger partial charge in [0.05, 0.1) is 18.6 Å². The normalized spacial score (nSPS) is 26.1. The summed E-state index contributed by atoms with van der Waals surface area (Å²) in [6.45, 7) is 0.718. The number of benzene rings is 1. The third-order valence-electron chi connectivity index (χ3n) is 5.02. The molecule has 1 saturated heterocycles. The van der Waals surface area contributed by atoms with Crippen LogP contribution in [0.1, 0.15) is 17.2 Å². The number of aliphatic hydroxyl groups excluding tert-OH is 2. The zero-order chi connectivity index (χ0) is 20.5. The van der Waals surface area contributed by atoms with E-state index in [1.165, 1.54) is 12.5 Å². The number of nitrogens with two attached hydrogens (primary N) is 1. The van der Waals surface area contributed by atoms with Gasteiger partial charge in [0.15, 0.2) is 5.82 Å². The number of halogens is 2. The lowest BCUT2D eigenvalue weighted by Crippen LogP contribution is -2.37. The van der Waals surface area contributed by atoms with Crippen LogP contribution in [0, 0.1) is 5.82 Å². The summed E-state index contributed by atoms with van der Waals surface area (Å²) < 4.78 is 24.0. The van der Waals surface area contributed by atoms with E-state index in [-0.39, 0.29) is 23.9 Å². The van der Waals surface area contributed by atoms with Crippen LogP contribution in [0.3, 0.4) is 0 Å². The van der Waals surface area contributed by atoms with E-state index in [0.717, 1.165) is 17.5 Å². The average molecular weight is 423 g/mol. The molecule has 0 aliphatic carbocycles. The summed E-state index contributed by atoms with van der Waals surface area (Å²) in [5.41, 5.74) is 7.93. The molecular weight excluding hydrogens is 403 g/mol. The Morgan fingerprint density at radius 1 is 1.24 bits per heavy atom. The van der Waals surface area contributed by atoms with Gasteiger partial charge in [-0.1, -0.05) is 17.7 Å². The fraction of sp³-hybridized carbons (Fsp3) is 0.368. The Hall–Kier alpha value is -2.30. The van der Waals surface area contributed by atoms with Gasteiger partial charge in [-0.3, -0.25) is 0 Å². The summed E-state index contributed by atoms with van der Waals surface area (Å²) in [7, 11) is 0. The lowest BCUT2D eigenvalue weighted by atomic mass is 9.92. The summed E-state index contributed by atoms with van der Waals surface area (Å²) >= 11 is 5.97. The molecule has 4 heterocycles. The first kappa shape index (κ1) is 20.0. The number of nitrogens with zero attached hydrogens (tertiary/aromatic N) is 2. The van der Waals surface area contributed by atoms with Crippen molar-refractivity contribution in [2.75, 3.05) is 18.9 Å². The Kier molecular flexibility index (Phi) is 5.66. The third-order valence-corrected chi connectivity index (χ3v) is 5.26. The zero-order valence-electron chi connectivity index (χ0n) is 15.3. The van der Waals surface area contributed by atoms with Crippen LogP contribution in [0.25, 0.3) is 11.0 Å². The second kappa shape index (κ2) is 8.21. The van der Waals surface area contributed by atoms with Gasteiger partial charge in [-0.2, -0.15) is 0 Å². The number of ether oxygens (including phenoxy) is 2. The molecule has 2 aliphatic heterocycles. The van der Waals surface area contributed by atoms with E-state index in [2.05, 4.69) is 15.0 Å². The van der Waals surface area contributed by atoms with Crippen molar-refractivity contribution in [2.45, 2.75) is 30.8 Å². The molecule has 0 radical (unpaired) electrons. The molecule has 10 heteroatoms. The van der Waals surface area contributed by atoms with E-state index < -0.39 is 24.1 Å². The maximum absolute atomic E-state index is 12.8. The molecule has 1 fully saturated rings. The van der Waals surface area contributed by atoms with Crippen LogP contribution in [0.4, 0.5) is 10.2 Å². The van der Waals surface area contributed by atoms with Crippen molar-refractivity contribution in [2.24, 2.45) is 0 Å². The van der Waals surface area contributed by atoms with Gasteiger partial charge in [0.25, 0.3) is 0 Å². The molecule has 154 valence electrons. The zero-order valence-corrected chi connectivity index (χ0v) is 16.0. The van der Waals surface area contributed by atoms with Crippen molar-refractivity contribution in [3.8, 4) is 0 Å². The topological polar surface area (TPSA) is 127 Å². The van der Waals surface area contributed by atoms with E-state index in [1.54, 1.807) is 6.07 Å². The van der Waals surface area contributed by atoms with Crippen LogP contribution in [0.5, 0.6) is 0 Å². The molecule has 0 spiro atoms. The maximum Gasteiger partial charge on any atom is 0.153 e. The minimum absolute atomic E-state index is 0.147. The van der Waals surface area contributed by atoms with Crippen molar-refractivity contribution < 1.29 is 24.1 Å². The summed E-state index contributed by atoms with van der Waals surface area (Å²) in [6, 6.07) is 5.63. The largest absolute Gasteiger partial charge is 0.388 e. The highest BCUT2D eigenvalue weighted by Gasteiger charge is 2.42. The van der Waals surface area contributed by atoms with Gasteiger partial charge < -0.3 is 30.4 Å². The van der Waals surface area contributed by atoms with Crippen LogP contribution in [-0.2, 0) is 15.9 Å². The monoisotopic (exact) mass is 422 g/mol. The summed E-state index contributed by atoms with van der Waals surface area (Å²) in [5, 5.41) is 20.4. The van der Waals surface area contributed by atoms with Crippen LogP contribution in [-0.4, -0.2) is 56.7 Å². The highest BCUT2D eigenvalue weighted by molar-refractivity contribution is 6.30. The maximum atomic E-state index is 12.8. The summed E-state index contributed by atoms with van der Waals surface area (Å²) in [6.07, 6.45) is 0.701. The predicted octanol–water partition coefficient (Wildman–Crippen LogP) is 1.75. The molecule has 0 bridgehead atoms.